The summed E-state index contributed by atoms with van der Waals surface area (Å²) in [5.74, 6) is 0.818. The van der Waals surface area contributed by atoms with Gasteiger partial charge < -0.3 is 24.6 Å². The molecule has 2 amide bonds. The number of anilines is 2. The van der Waals surface area contributed by atoms with Crippen LogP contribution in [0.15, 0.2) is 18.2 Å². The average molecular weight is 347 g/mol. The molecule has 0 spiro atoms. The summed E-state index contributed by atoms with van der Waals surface area (Å²) in [6, 6.07) is 5.22. The number of methoxy groups -OCH3 is 1. The van der Waals surface area contributed by atoms with E-state index in [9.17, 15) is 9.59 Å². The summed E-state index contributed by atoms with van der Waals surface area (Å²) >= 11 is 0. The zero-order chi connectivity index (χ0) is 17.8. The van der Waals surface area contributed by atoms with Gasteiger partial charge in [0.15, 0.2) is 0 Å². The Morgan fingerprint density at radius 3 is 2.68 bits per heavy atom. The highest BCUT2D eigenvalue weighted by Crippen LogP contribution is 2.34. The Labute approximate surface area is 147 Å². The van der Waals surface area contributed by atoms with Gasteiger partial charge in [-0.2, -0.15) is 0 Å². The number of nitrogens with zero attached hydrogens (tertiary/aromatic N) is 2. The minimum Gasteiger partial charge on any atom is -0.495 e. The van der Waals surface area contributed by atoms with Crippen molar-refractivity contribution < 1.29 is 19.1 Å². The first-order valence-electron chi connectivity index (χ1n) is 8.71. The summed E-state index contributed by atoms with van der Waals surface area (Å²) in [6.45, 7) is 4.97. The fraction of sp³-hybridized carbons (Fsp3) is 0.556. The molecule has 1 N–H and O–H groups in total. The summed E-state index contributed by atoms with van der Waals surface area (Å²) in [4.78, 5) is 28.2. The Hall–Kier alpha value is -2.28. The highest BCUT2D eigenvalue weighted by molar-refractivity contribution is 5.97. The standard InChI is InChI=1S/C18H25N3O4/c1-13(18(23)20-8-10-25-11-9-20)19-14-5-6-16(24-2)15(12-14)21-7-3-4-17(21)22/h5-6,12-13,19H,3-4,7-11H2,1-2H3/t13-/m1/s1. The van der Waals surface area contributed by atoms with E-state index in [4.69, 9.17) is 9.47 Å². The van der Waals surface area contributed by atoms with Crippen LogP contribution in [-0.2, 0) is 14.3 Å². The summed E-state index contributed by atoms with van der Waals surface area (Å²) in [5.41, 5.74) is 1.55. The van der Waals surface area contributed by atoms with Crippen LogP contribution in [-0.4, -0.2) is 62.7 Å². The third kappa shape index (κ3) is 3.87. The largest absolute Gasteiger partial charge is 0.495 e. The molecule has 0 unspecified atom stereocenters. The van der Waals surface area contributed by atoms with Gasteiger partial charge in [0, 0.05) is 31.7 Å². The molecule has 3 rings (SSSR count). The van der Waals surface area contributed by atoms with Crippen LogP contribution >= 0.6 is 0 Å². The second-order valence-electron chi connectivity index (χ2n) is 6.34. The van der Waals surface area contributed by atoms with E-state index in [1.165, 1.54) is 0 Å². The van der Waals surface area contributed by atoms with Gasteiger partial charge >= 0.3 is 0 Å². The van der Waals surface area contributed by atoms with Crippen LogP contribution in [0, 0.1) is 0 Å². The van der Waals surface area contributed by atoms with Gasteiger partial charge in [0.05, 0.1) is 26.0 Å². The van der Waals surface area contributed by atoms with E-state index < -0.39 is 0 Å². The lowest BCUT2D eigenvalue weighted by Gasteiger charge is -2.30. The van der Waals surface area contributed by atoms with Crippen LogP contribution in [0.1, 0.15) is 19.8 Å². The highest BCUT2D eigenvalue weighted by Gasteiger charge is 2.26. The molecule has 1 atom stereocenters. The van der Waals surface area contributed by atoms with Gasteiger partial charge in [-0.3, -0.25) is 9.59 Å². The predicted molar refractivity (Wildman–Crippen MR) is 95.1 cm³/mol. The number of ether oxygens (including phenoxy) is 2. The maximum absolute atomic E-state index is 12.5. The number of morpholine rings is 1. The fourth-order valence-electron chi connectivity index (χ4n) is 3.26. The summed E-state index contributed by atoms with van der Waals surface area (Å²) in [5, 5.41) is 3.24. The van der Waals surface area contributed by atoms with Gasteiger partial charge in [-0.25, -0.2) is 0 Å². The molecule has 2 aliphatic heterocycles. The van der Waals surface area contributed by atoms with Crippen LogP contribution < -0.4 is 15.0 Å². The van der Waals surface area contributed by atoms with E-state index in [-0.39, 0.29) is 17.9 Å². The van der Waals surface area contributed by atoms with Crippen molar-refractivity contribution in [3.05, 3.63) is 18.2 Å². The van der Waals surface area contributed by atoms with E-state index in [0.717, 1.165) is 17.8 Å². The van der Waals surface area contributed by atoms with E-state index in [0.29, 0.717) is 45.0 Å². The molecule has 0 radical (unpaired) electrons. The molecule has 0 bridgehead atoms. The van der Waals surface area contributed by atoms with Crippen molar-refractivity contribution in [1.29, 1.82) is 0 Å². The number of hydrogen-bond donors (Lipinski definition) is 1. The van der Waals surface area contributed by atoms with Gasteiger partial charge in [0.25, 0.3) is 0 Å². The van der Waals surface area contributed by atoms with Crippen LogP contribution in [0.5, 0.6) is 5.75 Å². The van der Waals surface area contributed by atoms with Crippen molar-refractivity contribution >= 4 is 23.2 Å². The Bertz CT molecular complexity index is 643. The van der Waals surface area contributed by atoms with Crippen LogP contribution in [0.3, 0.4) is 0 Å². The van der Waals surface area contributed by atoms with E-state index in [1.807, 2.05) is 30.0 Å². The number of carbonyl (C=O) groups is 2. The maximum Gasteiger partial charge on any atom is 0.244 e. The molecular formula is C18H25N3O4. The lowest BCUT2D eigenvalue weighted by Crippen LogP contribution is -2.47. The third-order valence-corrected chi connectivity index (χ3v) is 4.62. The molecule has 2 fully saturated rings. The molecule has 0 aromatic heterocycles. The van der Waals surface area contributed by atoms with Crippen molar-refractivity contribution in [2.75, 3.05) is 50.2 Å². The minimum atomic E-state index is -0.353. The SMILES string of the molecule is COc1ccc(N[C@H](C)C(=O)N2CCOCC2)cc1N1CCCC1=O. The zero-order valence-electron chi connectivity index (χ0n) is 14.8. The number of benzene rings is 1. The number of hydrogen-bond acceptors (Lipinski definition) is 5. The van der Waals surface area contributed by atoms with Gasteiger partial charge in [-0.1, -0.05) is 0 Å². The lowest BCUT2D eigenvalue weighted by atomic mass is 10.2. The molecule has 136 valence electrons. The van der Waals surface area contributed by atoms with Crippen molar-refractivity contribution in [3.8, 4) is 5.75 Å². The zero-order valence-corrected chi connectivity index (χ0v) is 14.8. The second kappa shape index (κ2) is 7.74. The topological polar surface area (TPSA) is 71.1 Å². The summed E-state index contributed by atoms with van der Waals surface area (Å²) in [6.07, 6.45) is 1.41. The molecule has 7 nitrogen and oxygen atoms in total. The molecule has 0 aliphatic carbocycles. The molecule has 1 aromatic rings. The Kier molecular flexibility index (Phi) is 5.43. The van der Waals surface area contributed by atoms with Gasteiger partial charge in [-0.05, 0) is 31.5 Å². The molecule has 7 heteroatoms. The van der Waals surface area contributed by atoms with Crippen LogP contribution in [0.4, 0.5) is 11.4 Å². The lowest BCUT2D eigenvalue weighted by molar-refractivity contribution is -0.135. The Morgan fingerprint density at radius 2 is 2.04 bits per heavy atom. The van der Waals surface area contributed by atoms with Gasteiger partial charge in [0.2, 0.25) is 11.8 Å². The molecule has 0 saturated carbocycles. The van der Waals surface area contributed by atoms with E-state index in [1.54, 1.807) is 12.0 Å². The van der Waals surface area contributed by atoms with Crippen LogP contribution in [0.25, 0.3) is 0 Å². The third-order valence-electron chi connectivity index (χ3n) is 4.62. The quantitative estimate of drug-likeness (QED) is 0.874. The summed E-state index contributed by atoms with van der Waals surface area (Å²) < 4.78 is 10.7. The first kappa shape index (κ1) is 17.5. The van der Waals surface area contributed by atoms with Crippen molar-refractivity contribution in [2.24, 2.45) is 0 Å². The monoisotopic (exact) mass is 347 g/mol. The van der Waals surface area contributed by atoms with Crippen molar-refractivity contribution in [1.82, 2.24) is 4.90 Å². The molecular weight excluding hydrogens is 322 g/mol. The number of nitrogens with one attached hydrogen (secondary N) is 1. The van der Waals surface area contributed by atoms with Gasteiger partial charge in [-0.15, -0.1) is 0 Å². The van der Waals surface area contributed by atoms with E-state index in [2.05, 4.69) is 5.32 Å². The fourth-order valence-corrected chi connectivity index (χ4v) is 3.26. The van der Waals surface area contributed by atoms with Crippen molar-refractivity contribution in [3.63, 3.8) is 0 Å². The smallest absolute Gasteiger partial charge is 0.244 e. The molecule has 25 heavy (non-hydrogen) atoms. The number of rotatable bonds is 5. The first-order chi connectivity index (χ1) is 12.1. The molecule has 2 heterocycles. The summed E-state index contributed by atoms with van der Waals surface area (Å²) in [7, 11) is 1.59. The minimum absolute atomic E-state index is 0.0536. The molecule has 1 aromatic carbocycles. The van der Waals surface area contributed by atoms with E-state index >= 15 is 0 Å². The van der Waals surface area contributed by atoms with Crippen molar-refractivity contribution in [2.45, 2.75) is 25.8 Å². The second-order valence-corrected chi connectivity index (χ2v) is 6.34. The average Bonchev–Trinajstić information content (AvgIpc) is 3.07. The molecule has 2 aliphatic rings. The highest BCUT2D eigenvalue weighted by atomic mass is 16.5. The van der Waals surface area contributed by atoms with Gasteiger partial charge in [0.1, 0.15) is 11.8 Å². The number of carbonyl (C=O) groups excluding carboxylic acids is 2. The Morgan fingerprint density at radius 1 is 1.28 bits per heavy atom. The Balaban J connectivity index is 1.73. The predicted octanol–water partition coefficient (Wildman–Crippen LogP) is 1.48. The number of amides is 2. The normalized spacial score (nSPS) is 19.0. The van der Waals surface area contributed by atoms with Crippen LogP contribution in [0.2, 0.25) is 0 Å². The first-order valence-corrected chi connectivity index (χ1v) is 8.71. The maximum atomic E-state index is 12.5. The molecule has 2 saturated heterocycles.